The summed E-state index contributed by atoms with van der Waals surface area (Å²) < 4.78 is 2.14. The Balaban J connectivity index is 1.32. The van der Waals surface area contributed by atoms with Gasteiger partial charge in [0.25, 0.3) is 0 Å². The number of carbonyl (C=O) groups is 2. The van der Waals surface area contributed by atoms with Gasteiger partial charge < -0.3 is 15.0 Å². The topological polar surface area (TPSA) is 97.1 Å². The lowest BCUT2D eigenvalue weighted by Gasteiger charge is -2.12. The van der Waals surface area contributed by atoms with Gasteiger partial charge >= 0.3 is 5.97 Å². The number of halogens is 1. The van der Waals surface area contributed by atoms with Crippen LogP contribution in [0.4, 0.5) is 5.69 Å². The van der Waals surface area contributed by atoms with Gasteiger partial charge in [0.05, 0.1) is 26.7 Å². The number of thioether (sulfide) groups is 1. The zero-order chi connectivity index (χ0) is 28.3. The molecule has 2 N–H and O–H groups in total. The third-order valence-electron chi connectivity index (χ3n) is 7.38. The van der Waals surface area contributed by atoms with Crippen LogP contribution in [-0.4, -0.2) is 31.5 Å². The predicted octanol–water partition coefficient (Wildman–Crippen LogP) is 7.98. The molecule has 0 radical (unpaired) electrons. The molecule has 41 heavy (non-hydrogen) atoms. The largest absolute Gasteiger partial charge is 0.478 e. The van der Waals surface area contributed by atoms with E-state index in [0.29, 0.717) is 22.5 Å². The number of anilines is 1. The van der Waals surface area contributed by atoms with Crippen molar-refractivity contribution in [2.75, 3.05) is 5.32 Å². The van der Waals surface area contributed by atoms with E-state index in [1.54, 1.807) is 29.7 Å². The molecule has 1 fully saturated rings. The number of aromatic nitrogens is 3. The van der Waals surface area contributed by atoms with Gasteiger partial charge in [-0.1, -0.05) is 54.4 Å². The van der Waals surface area contributed by atoms with E-state index in [9.17, 15) is 14.7 Å². The quantitative estimate of drug-likeness (QED) is 0.131. The molecule has 0 aliphatic heterocycles. The molecule has 6 rings (SSSR count). The van der Waals surface area contributed by atoms with E-state index in [2.05, 4.69) is 14.9 Å². The number of rotatable bonds is 9. The first-order valence-corrected chi connectivity index (χ1v) is 15.6. The molecule has 10 heteroatoms. The summed E-state index contributed by atoms with van der Waals surface area (Å²) in [6.45, 7) is 0.503. The average molecular weight is 603 g/mol. The Kier molecular flexibility index (Phi) is 8.09. The lowest BCUT2D eigenvalue weighted by atomic mass is 10.1. The molecule has 1 amide bonds. The van der Waals surface area contributed by atoms with E-state index in [1.165, 1.54) is 11.8 Å². The zero-order valence-electron chi connectivity index (χ0n) is 22.0. The van der Waals surface area contributed by atoms with E-state index in [0.717, 1.165) is 64.1 Å². The van der Waals surface area contributed by atoms with Gasteiger partial charge in [-0.05, 0) is 66.2 Å². The average Bonchev–Trinajstić information content (AvgIpc) is 3.76. The molecule has 0 saturated heterocycles. The van der Waals surface area contributed by atoms with Crippen molar-refractivity contribution in [3.05, 3.63) is 94.1 Å². The molecular weight excluding hydrogens is 576 g/mol. The highest BCUT2D eigenvalue weighted by atomic mass is 35.5. The van der Waals surface area contributed by atoms with Gasteiger partial charge in [-0.3, -0.25) is 4.79 Å². The number of carbonyl (C=O) groups excluding carboxylic acids is 1. The van der Waals surface area contributed by atoms with Gasteiger partial charge in [0, 0.05) is 41.2 Å². The van der Waals surface area contributed by atoms with Crippen LogP contribution in [0.2, 0.25) is 5.02 Å². The molecular formula is C31H27ClN4O3S2. The lowest BCUT2D eigenvalue weighted by Crippen LogP contribution is -2.20. The van der Waals surface area contributed by atoms with E-state index in [-0.39, 0.29) is 17.4 Å². The Labute approximate surface area is 250 Å². The summed E-state index contributed by atoms with van der Waals surface area (Å²) in [7, 11) is 0. The van der Waals surface area contributed by atoms with E-state index < -0.39 is 5.97 Å². The highest BCUT2D eigenvalue weighted by Crippen LogP contribution is 2.37. The summed E-state index contributed by atoms with van der Waals surface area (Å²) in [5.41, 5.74) is 4.63. The molecule has 1 aliphatic carbocycles. The molecule has 0 bridgehead atoms. The van der Waals surface area contributed by atoms with Crippen molar-refractivity contribution in [1.82, 2.24) is 14.5 Å². The summed E-state index contributed by atoms with van der Waals surface area (Å²) in [5, 5.41) is 16.5. The molecule has 3 aromatic heterocycles. The molecule has 0 atom stereocenters. The third kappa shape index (κ3) is 6.02. The van der Waals surface area contributed by atoms with Crippen molar-refractivity contribution in [3.63, 3.8) is 0 Å². The van der Waals surface area contributed by atoms with Crippen LogP contribution in [0.25, 0.3) is 21.5 Å². The summed E-state index contributed by atoms with van der Waals surface area (Å²) in [5.74, 6) is -0.302. The number of thiophene rings is 1. The number of carboxylic acids is 1. The Hall–Kier alpha value is -3.66. The fourth-order valence-electron chi connectivity index (χ4n) is 5.24. The van der Waals surface area contributed by atoms with Gasteiger partial charge in [-0.15, -0.1) is 11.3 Å². The second-order valence-electron chi connectivity index (χ2n) is 10.0. The van der Waals surface area contributed by atoms with Crippen LogP contribution in [0.3, 0.4) is 0 Å². The fraction of sp³-hybridized carbons (Fsp3) is 0.226. The second kappa shape index (κ2) is 12.1. The van der Waals surface area contributed by atoms with Crippen molar-refractivity contribution in [2.45, 2.75) is 43.1 Å². The molecule has 2 aromatic carbocycles. The molecule has 1 aliphatic rings. The predicted molar refractivity (Wildman–Crippen MR) is 165 cm³/mol. The van der Waals surface area contributed by atoms with Crippen LogP contribution in [0, 0.1) is 5.92 Å². The standard InChI is InChI=1S/C31H27ClN4O3S2/c32-28-23-16-22(34-29(37)20-4-1-2-5-20)11-12-25(23)36(17-19-7-9-21(10-8-19)30(38)39)26(28)18-41-31-33-14-13-24(35-31)27-6-3-15-40-27/h3,6-16,20H,1-2,4-5,17-18H2,(H,34,37)(H,38,39). The number of fused-ring (bicyclic) bond motifs is 1. The van der Waals surface area contributed by atoms with Crippen LogP contribution in [-0.2, 0) is 17.1 Å². The Morgan fingerprint density at radius 1 is 1.10 bits per heavy atom. The highest BCUT2D eigenvalue weighted by molar-refractivity contribution is 7.98. The minimum absolute atomic E-state index is 0.0643. The summed E-state index contributed by atoms with van der Waals surface area (Å²) in [6, 6.07) is 18.7. The van der Waals surface area contributed by atoms with Gasteiger partial charge in [-0.2, -0.15) is 0 Å². The Bertz CT molecular complexity index is 1710. The molecule has 1 saturated carbocycles. The van der Waals surface area contributed by atoms with Crippen molar-refractivity contribution in [1.29, 1.82) is 0 Å². The first kappa shape index (κ1) is 27.5. The minimum atomic E-state index is -0.958. The first-order chi connectivity index (χ1) is 20.0. The number of hydrogen-bond donors (Lipinski definition) is 2. The third-order valence-corrected chi connectivity index (χ3v) is 9.57. The van der Waals surface area contributed by atoms with Gasteiger partial charge in [0.1, 0.15) is 0 Å². The molecule has 208 valence electrons. The molecule has 5 aromatic rings. The number of hydrogen-bond acceptors (Lipinski definition) is 6. The van der Waals surface area contributed by atoms with Crippen LogP contribution in [0.15, 0.2) is 77.4 Å². The number of benzene rings is 2. The van der Waals surface area contributed by atoms with Crippen molar-refractivity contribution < 1.29 is 14.7 Å². The summed E-state index contributed by atoms with van der Waals surface area (Å²) in [6.07, 6.45) is 5.83. The maximum atomic E-state index is 12.8. The van der Waals surface area contributed by atoms with Gasteiger partial charge in [-0.25, -0.2) is 14.8 Å². The normalized spacial score (nSPS) is 13.6. The molecule has 3 heterocycles. The van der Waals surface area contributed by atoms with E-state index >= 15 is 0 Å². The number of nitrogens with zero attached hydrogens (tertiary/aromatic N) is 3. The van der Waals surface area contributed by atoms with Gasteiger partial charge in [0.15, 0.2) is 5.16 Å². The maximum absolute atomic E-state index is 12.8. The smallest absolute Gasteiger partial charge is 0.335 e. The summed E-state index contributed by atoms with van der Waals surface area (Å²) in [4.78, 5) is 34.4. The molecule has 7 nitrogen and oxygen atoms in total. The zero-order valence-corrected chi connectivity index (χ0v) is 24.4. The minimum Gasteiger partial charge on any atom is -0.478 e. The summed E-state index contributed by atoms with van der Waals surface area (Å²) >= 11 is 10.2. The van der Waals surface area contributed by atoms with E-state index in [1.807, 2.05) is 53.9 Å². The number of carboxylic acid groups (broad SMARTS) is 1. The van der Waals surface area contributed by atoms with Crippen molar-refractivity contribution >= 4 is 63.2 Å². The second-order valence-corrected chi connectivity index (χ2v) is 12.3. The SMILES string of the molecule is O=C(O)c1ccc(Cn2c(CSc3nccc(-c4cccs4)n3)c(Cl)c3cc(NC(=O)C4CCCC4)ccc32)cc1. The van der Waals surface area contributed by atoms with E-state index in [4.69, 9.17) is 16.6 Å². The number of nitrogens with one attached hydrogen (secondary N) is 1. The van der Waals surface area contributed by atoms with Crippen LogP contribution >= 0.6 is 34.7 Å². The molecule has 0 unspecified atom stereocenters. The lowest BCUT2D eigenvalue weighted by molar-refractivity contribution is -0.119. The fourth-order valence-corrected chi connectivity index (χ4v) is 7.20. The Morgan fingerprint density at radius 3 is 2.63 bits per heavy atom. The van der Waals surface area contributed by atoms with Crippen molar-refractivity contribution in [2.24, 2.45) is 5.92 Å². The van der Waals surface area contributed by atoms with Crippen molar-refractivity contribution in [3.8, 4) is 10.6 Å². The Morgan fingerprint density at radius 2 is 1.90 bits per heavy atom. The maximum Gasteiger partial charge on any atom is 0.335 e. The highest BCUT2D eigenvalue weighted by Gasteiger charge is 2.23. The number of aromatic carboxylic acids is 1. The van der Waals surface area contributed by atoms with Crippen LogP contribution in [0.1, 0.15) is 47.3 Å². The first-order valence-electron chi connectivity index (χ1n) is 13.4. The monoisotopic (exact) mass is 602 g/mol. The van der Waals surface area contributed by atoms with Gasteiger partial charge in [0.2, 0.25) is 5.91 Å². The van der Waals surface area contributed by atoms with Crippen LogP contribution < -0.4 is 5.32 Å². The molecule has 0 spiro atoms. The van der Waals surface area contributed by atoms with Crippen LogP contribution in [0.5, 0.6) is 0 Å². The number of amides is 1.